The summed E-state index contributed by atoms with van der Waals surface area (Å²) in [4.78, 5) is 26.4. The third kappa shape index (κ3) is 4.64. The number of carbonyl (C=O) groups is 1. The average Bonchev–Trinajstić information content (AvgIpc) is 2.77. The van der Waals surface area contributed by atoms with Crippen molar-refractivity contribution >= 4 is 32.9 Å². The van der Waals surface area contributed by atoms with E-state index in [-0.39, 0.29) is 22.4 Å². The van der Waals surface area contributed by atoms with Crippen molar-refractivity contribution in [3.8, 4) is 17.1 Å². The molecule has 4 aromatic rings. The summed E-state index contributed by atoms with van der Waals surface area (Å²) in [5.74, 6) is -0.491. The zero-order chi connectivity index (χ0) is 23.9. The van der Waals surface area contributed by atoms with Gasteiger partial charge in [0.15, 0.2) is 5.76 Å². The smallest absolute Gasteiger partial charge is 0.343 e. The molecule has 3 aromatic carbocycles. The number of halogens is 1. The van der Waals surface area contributed by atoms with Crippen molar-refractivity contribution in [2.45, 2.75) is 40.0 Å². The predicted octanol–water partition coefficient (Wildman–Crippen LogP) is 7.36. The Kier molecular flexibility index (Phi) is 6.02. The van der Waals surface area contributed by atoms with E-state index in [0.29, 0.717) is 22.1 Å². The van der Waals surface area contributed by atoms with Crippen LogP contribution >= 0.6 is 15.9 Å². The molecular formula is C28H25BrO4. The lowest BCUT2D eigenvalue weighted by Gasteiger charge is -2.19. The second kappa shape index (κ2) is 8.64. The molecule has 4 rings (SSSR count). The van der Waals surface area contributed by atoms with Gasteiger partial charge in [0.05, 0.1) is 10.9 Å². The molecule has 0 unspecified atom stereocenters. The van der Waals surface area contributed by atoms with Crippen LogP contribution < -0.4 is 10.2 Å². The van der Waals surface area contributed by atoms with Crippen molar-refractivity contribution < 1.29 is 13.9 Å². The molecule has 0 aliphatic carbocycles. The molecule has 0 atom stereocenters. The topological polar surface area (TPSA) is 56.5 Å². The third-order valence-corrected chi connectivity index (χ3v) is 6.28. The third-order valence-electron chi connectivity index (χ3n) is 5.75. The first kappa shape index (κ1) is 23.0. The van der Waals surface area contributed by atoms with Gasteiger partial charge in [-0.3, -0.25) is 4.79 Å². The van der Waals surface area contributed by atoms with Gasteiger partial charge in [-0.2, -0.15) is 0 Å². The Morgan fingerprint density at radius 2 is 1.52 bits per heavy atom. The van der Waals surface area contributed by atoms with Gasteiger partial charge < -0.3 is 9.15 Å². The van der Waals surface area contributed by atoms with Crippen LogP contribution in [0, 0.1) is 13.8 Å². The summed E-state index contributed by atoms with van der Waals surface area (Å²) < 4.78 is 12.7. The molecule has 0 bridgehead atoms. The first-order valence-corrected chi connectivity index (χ1v) is 11.5. The minimum atomic E-state index is -0.620. The summed E-state index contributed by atoms with van der Waals surface area (Å²) in [5.41, 5.74) is 4.19. The quantitative estimate of drug-likeness (QED) is 0.273. The standard InChI is InChI=1S/C28H25BrO4/c1-16-14-22-23(15-17(16)2)32-25(18-6-10-20(11-7-18)28(3,4)5)26(24(22)30)33-27(31)19-8-12-21(29)13-9-19/h6-15H,1-5H3. The fraction of sp³-hybridized carbons (Fsp3) is 0.214. The maximum absolute atomic E-state index is 13.5. The number of benzene rings is 3. The maximum Gasteiger partial charge on any atom is 0.343 e. The largest absolute Gasteiger partial charge is 0.452 e. The summed E-state index contributed by atoms with van der Waals surface area (Å²) in [7, 11) is 0. The van der Waals surface area contributed by atoms with Gasteiger partial charge in [-0.05, 0) is 72.4 Å². The first-order chi connectivity index (χ1) is 15.5. The number of hydrogen-bond acceptors (Lipinski definition) is 4. The van der Waals surface area contributed by atoms with Gasteiger partial charge in [-0.25, -0.2) is 4.79 Å². The van der Waals surface area contributed by atoms with E-state index in [9.17, 15) is 9.59 Å². The SMILES string of the molecule is Cc1cc2oc(-c3ccc(C(C)(C)C)cc3)c(OC(=O)c3ccc(Br)cc3)c(=O)c2cc1C. The molecule has 4 nitrogen and oxygen atoms in total. The second-order valence-corrected chi connectivity index (χ2v) is 10.2. The van der Waals surface area contributed by atoms with Crippen molar-refractivity contribution in [3.63, 3.8) is 0 Å². The lowest BCUT2D eigenvalue weighted by Crippen LogP contribution is -2.16. The van der Waals surface area contributed by atoms with Crippen molar-refractivity contribution in [2.24, 2.45) is 0 Å². The number of ether oxygens (including phenoxy) is 1. The van der Waals surface area contributed by atoms with Gasteiger partial charge in [-0.1, -0.05) is 61.0 Å². The molecule has 0 aliphatic heterocycles. The van der Waals surface area contributed by atoms with E-state index in [1.54, 1.807) is 30.3 Å². The molecule has 1 heterocycles. The van der Waals surface area contributed by atoms with Crippen LogP contribution in [0.15, 0.2) is 74.3 Å². The molecule has 33 heavy (non-hydrogen) atoms. The van der Waals surface area contributed by atoms with Crippen LogP contribution in [0.3, 0.4) is 0 Å². The highest BCUT2D eigenvalue weighted by Gasteiger charge is 2.22. The predicted molar refractivity (Wildman–Crippen MR) is 135 cm³/mol. The Morgan fingerprint density at radius 1 is 0.909 bits per heavy atom. The van der Waals surface area contributed by atoms with Crippen molar-refractivity contribution in [1.82, 2.24) is 0 Å². The Labute approximate surface area is 201 Å². The summed E-state index contributed by atoms with van der Waals surface area (Å²) in [5, 5.41) is 0.381. The summed E-state index contributed by atoms with van der Waals surface area (Å²) >= 11 is 3.36. The molecule has 0 spiro atoms. The number of esters is 1. The van der Waals surface area contributed by atoms with Gasteiger partial charge in [0.1, 0.15) is 5.58 Å². The molecule has 0 saturated heterocycles. The van der Waals surface area contributed by atoms with Gasteiger partial charge in [-0.15, -0.1) is 0 Å². The maximum atomic E-state index is 13.5. The molecule has 0 amide bonds. The monoisotopic (exact) mass is 504 g/mol. The van der Waals surface area contributed by atoms with E-state index in [1.165, 1.54) is 0 Å². The molecule has 5 heteroatoms. The van der Waals surface area contributed by atoms with E-state index in [1.807, 2.05) is 44.2 Å². The number of carbonyl (C=O) groups excluding carboxylic acids is 1. The van der Waals surface area contributed by atoms with Crippen LogP contribution in [0.25, 0.3) is 22.3 Å². The van der Waals surface area contributed by atoms with E-state index < -0.39 is 5.97 Å². The highest BCUT2D eigenvalue weighted by molar-refractivity contribution is 9.10. The minimum absolute atomic E-state index is 0.0196. The van der Waals surface area contributed by atoms with E-state index in [2.05, 4.69) is 36.7 Å². The fourth-order valence-electron chi connectivity index (χ4n) is 3.58. The summed E-state index contributed by atoms with van der Waals surface area (Å²) in [6, 6.07) is 18.2. The fourth-order valence-corrected chi connectivity index (χ4v) is 3.84. The average molecular weight is 505 g/mol. The number of hydrogen-bond donors (Lipinski definition) is 0. The summed E-state index contributed by atoms with van der Waals surface area (Å²) in [6.45, 7) is 10.3. The molecular weight excluding hydrogens is 480 g/mol. The van der Waals surface area contributed by atoms with E-state index >= 15 is 0 Å². The molecule has 0 aliphatic rings. The minimum Gasteiger partial charge on any atom is -0.452 e. The molecule has 0 saturated carbocycles. The zero-order valence-corrected chi connectivity index (χ0v) is 20.9. The van der Waals surface area contributed by atoms with Gasteiger partial charge >= 0.3 is 5.97 Å². The Bertz CT molecular complexity index is 1410. The van der Waals surface area contributed by atoms with Gasteiger partial charge in [0.2, 0.25) is 11.2 Å². The van der Waals surface area contributed by atoms with Crippen LogP contribution in [-0.2, 0) is 5.41 Å². The normalized spacial score (nSPS) is 11.6. The molecule has 0 radical (unpaired) electrons. The number of rotatable bonds is 3. The Balaban J connectivity index is 1.90. The molecule has 168 valence electrons. The second-order valence-electron chi connectivity index (χ2n) is 9.25. The van der Waals surface area contributed by atoms with Gasteiger partial charge in [0, 0.05) is 10.0 Å². The van der Waals surface area contributed by atoms with Crippen LogP contribution in [-0.4, -0.2) is 5.97 Å². The molecule has 1 aromatic heterocycles. The van der Waals surface area contributed by atoms with E-state index in [0.717, 1.165) is 21.2 Å². The number of fused-ring (bicyclic) bond motifs is 1. The highest BCUT2D eigenvalue weighted by Crippen LogP contribution is 2.34. The van der Waals surface area contributed by atoms with Gasteiger partial charge in [0.25, 0.3) is 0 Å². The Hall–Kier alpha value is -3.18. The van der Waals surface area contributed by atoms with Crippen LogP contribution in [0.2, 0.25) is 0 Å². The highest BCUT2D eigenvalue weighted by atomic mass is 79.9. The van der Waals surface area contributed by atoms with Crippen molar-refractivity contribution in [3.05, 3.63) is 97.6 Å². The lowest BCUT2D eigenvalue weighted by atomic mass is 9.86. The van der Waals surface area contributed by atoms with Crippen LogP contribution in [0.5, 0.6) is 5.75 Å². The molecule has 0 N–H and O–H groups in total. The first-order valence-electron chi connectivity index (χ1n) is 10.7. The lowest BCUT2D eigenvalue weighted by molar-refractivity contribution is 0.0731. The van der Waals surface area contributed by atoms with Crippen LogP contribution in [0.4, 0.5) is 0 Å². The van der Waals surface area contributed by atoms with E-state index in [4.69, 9.17) is 9.15 Å². The van der Waals surface area contributed by atoms with Crippen molar-refractivity contribution in [2.75, 3.05) is 0 Å². The van der Waals surface area contributed by atoms with Crippen LogP contribution in [0.1, 0.15) is 47.8 Å². The summed E-state index contributed by atoms with van der Waals surface area (Å²) in [6.07, 6.45) is 0. The number of aryl methyl sites for hydroxylation is 2. The Morgan fingerprint density at radius 3 is 2.12 bits per heavy atom. The zero-order valence-electron chi connectivity index (χ0n) is 19.3. The van der Waals surface area contributed by atoms with Crippen molar-refractivity contribution in [1.29, 1.82) is 0 Å². The molecule has 0 fully saturated rings.